The van der Waals surface area contributed by atoms with Crippen LogP contribution in [0.3, 0.4) is 0 Å². The van der Waals surface area contributed by atoms with E-state index >= 15 is 0 Å². The van der Waals surface area contributed by atoms with E-state index in [0.717, 1.165) is 24.1 Å². The molecule has 2 nitrogen and oxygen atoms in total. The van der Waals surface area contributed by atoms with E-state index in [1.165, 1.54) is 17.0 Å². The van der Waals surface area contributed by atoms with Crippen molar-refractivity contribution in [1.82, 2.24) is 0 Å². The van der Waals surface area contributed by atoms with Gasteiger partial charge in [0.25, 0.3) is 0 Å². The van der Waals surface area contributed by atoms with Crippen LogP contribution in [0.15, 0.2) is 49.1 Å². The molecule has 2 aromatic heterocycles. The number of hydrogen-bond donors (Lipinski definition) is 0. The zero-order valence-electron chi connectivity index (χ0n) is 13.2. The molecule has 0 saturated carbocycles. The molecule has 130 valence electrons. The minimum atomic E-state index is -5.51. The molecule has 0 aliphatic heterocycles. The molecule has 0 fully saturated rings. The van der Waals surface area contributed by atoms with Crippen molar-refractivity contribution in [3.63, 3.8) is 0 Å². The van der Waals surface area contributed by atoms with Gasteiger partial charge in [-0.1, -0.05) is 6.92 Å². The van der Waals surface area contributed by atoms with Crippen LogP contribution in [-0.4, -0.2) is 12.1 Å². The Morgan fingerprint density at radius 1 is 0.750 bits per heavy atom. The fourth-order valence-electron chi connectivity index (χ4n) is 2.27. The number of nitrogens with zero attached hydrogens (tertiary/aromatic N) is 2. The van der Waals surface area contributed by atoms with Crippen LogP contribution in [-0.2, 0) is 13.1 Å². The predicted molar refractivity (Wildman–Crippen MR) is 78.2 cm³/mol. The topological polar surface area (TPSA) is 7.76 Å². The molecule has 2 heterocycles. The highest BCUT2D eigenvalue weighted by Crippen LogP contribution is 2.37. The fraction of sp³-hybridized carbons (Fsp3) is 0.412. The molecule has 0 atom stereocenters. The lowest BCUT2D eigenvalue weighted by Crippen LogP contribution is -2.42. The van der Waals surface area contributed by atoms with E-state index in [2.05, 4.69) is 6.92 Å². The van der Waals surface area contributed by atoms with E-state index in [0.29, 0.717) is 0 Å². The van der Waals surface area contributed by atoms with E-state index in [4.69, 9.17) is 0 Å². The van der Waals surface area contributed by atoms with Crippen molar-refractivity contribution < 1.29 is 31.1 Å². The summed E-state index contributed by atoms with van der Waals surface area (Å²) < 4.78 is 65.7. The molecule has 7 heteroatoms. The lowest BCUT2D eigenvalue weighted by Gasteiger charge is -2.17. The number of aromatic nitrogens is 2. The molecule has 0 aromatic carbocycles. The van der Waals surface area contributed by atoms with Crippen molar-refractivity contribution in [2.75, 3.05) is 0 Å². The second-order valence-electron chi connectivity index (χ2n) is 5.60. The Balaban J connectivity index is 2.03. The van der Waals surface area contributed by atoms with Gasteiger partial charge in [-0.2, -0.15) is 22.0 Å². The van der Waals surface area contributed by atoms with Crippen molar-refractivity contribution >= 4 is 0 Å². The summed E-state index contributed by atoms with van der Waals surface area (Å²) in [5.41, 5.74) is 1.83. The molecule has 2 rings (SSSR count). The zero-order valence-corrected chi connectivity index (χ0v) is 13.2. The lowest BCUT2D eigenvalue weighted by molar-refractivity contribution is -0.700. The Hall–Kier alpha value is -2.05. The average Bonchev–Trinajstić information content (AvgIpc) is 2.54. The third-order valence-electron chi connectivity index (χ3n) is 3.70. The molecule has 0 unspecified atom stereocenters. The predicted octanol–water partition coefficient (Wildman–Crippen LogP) is 3.93. The number of aryl methyl sites for hydroxylation is 2. The summed E-state index contributed by atoms with van der Waals surface area (Å²) in [6.45, 7) is 2.60. The summed E-state index contributed by atoms with van der Waals surface area (Å²) >= 11 is 0. The first kappa shape index (κ1) is 18.3. The van der Waals surface area contributed by atoms with Gasteiger partial charge < -0.3 is 0 Å². The largest absolute Gasteiger partial charge is 0.453 e. The maximum atomic E-state index is 12.9. The van der Waals surface area contributed by atoms with Crippen LogP contribution >= 0.6 is 0 Å². The highest BCUT2D eigenvalue weighted by atomic mass is 19.4. The maximum Gasteiger partial charge on any atom is 0.453 e. The first-order valence-corrected chi connectivity index (χ1v) is 7.66. The molecular weight excluding hydrogens is 327 g/mol. The number of halogens is 5. The fourth-order valence-corrected chi connectivity index (χ4v) is 2.27. The maximum absolute atomic E-state index is 12.9. The monoisotopic (exact) mass is 346 g/mol. The first-order valence-electron chi connectivity index (χ1n) is 7.66. The molecule has 0 amide bonds. The van der Waals surface area contributed by atoms with Crippen LogP contribution in [0.5, 0.6) is 0 Å². The highest BCUT2D eigenvalue weighted by Gasteiger charge is 2.57. The number of hydrogen-bond acceptors (Lipinski definition) is 0. The van der Waals surface area contributed by atoms with Crippen LogP contribution in [0.4, 0.5) is 22.0 Å². The Bertz CT molecular complexity index is 648. The summed E-state index contributed by atoms with van der Waals surface area (Å²) in [4.78, 5) is 0. The quantitative estimate of drug-likeness (QED) is 0.553. The Morgan fingerprint density at radius 3 is 1.54 bits per heavy atom. The molecule has 0 saturated heterocycles. The van der Waals surface area contributed by atoms with Gasteiger partial charge in [-0.3, -0.25) is 0 Å². The first-order chi connectivity index (χ1) is 11.2. The van der Waals surface area contributed by atoms with Crippen LogP contribution in [0, 0.1) is 0 Å². The Morgan fingerprint density at radius 2 is 1.17 bits per heavy atom. The van der Waals surface area contributed by atoms with Crippen LogP contribution in [0.1, 0.15) is 19.8 Å². The Labute approximate surface area is 137 Å². The summed E-state index contributed by atoms with van der Waals surface area (Å²) in [7, 11) is 0. The summed E-state index contributed by atoms with van der Waals surface area (Å²) in [5.74, 6) is -4.68. The Kier molecular flexibility index (Phi) is 5.51. The molecular formula is C17H19F5N2+2. The second kappa shape index (κ2) is 7.23. The molecule has 2 aromatic rings. The van der Waals surface area contributed by atoms with Gasteiger partial charge in [-0.25, -0.2) is 9.13 Å². The van der Waals surface area contributed by atoms with E-state index in [1.807, 2.05) is 29.1 Å². The van der Waals surface area contributed by atoms with Crippen molar-refractivity contribution in [2.45, 2.75) is 45.0 Å². The molecule has 0 aliphatic carbocycles. The average molecular weight is 346 g/mol. The van der Waals surface area contributed by atoms with Crippen molar-refractivity contribution in [3.8, 4) is 11.1 Å². The molecule has 0 bridgehead atoms. The van der Waals surface area contributed by atoms with Crippen molar-refractivity contribution in [3.05, 3.63) is 49.1 Å². The molecule has 0 spiro atoms. The van der Waals surface area contributed by atoms with Gasteiger partial charge in [0.15, 0.2) is 31.3 Å². The zero-order chi connectivity index (χ0) is 17.8. The van der Waals surface area contributed by atoms with Gasteiger partial charge in [0.2, 0.25) is 0 Å². The third kappa shape index (κ3) is 4.49. The normalized spacial score (nSPS) is 12.4. The van der Waals surface area contributed by atoms with E-state index in [1.54, 1.807) is 12.1 Å². The van der Waals surface area contributed by atoms with Crippen LogP contribution in [0.2, 0.25) is 0 Å². The van der Waals surface area contributed by atoms with Crippen LogP contribution < -0.4 is 9.13 Å². The van der Waals surface area contributed by atoms with Gasteiger partial charge >= 0.3 is 12.1 Å². The molecule has 0 radical (unpaired) electrons. The summed E-state index contributed by atoms with van der Waals surface area (Å²) in [5, 5.41) is 0. The van der Waals surface area contributed by atoms with E-state index < -0.39 is 25.1 Å². The molecule has 0 N–H and O–H groups in total. The van der Waals surface area contributed by atoms with Crippen molar-refractivity contribution in [2.24, 2.45) is 0 Å². The van der Waals surface area contributed by atoms with Gasteiger partial charge in [-0.15, -0.1) is 0 Å². The highest BCUT2D eigenvalue weighted by molar-refractivity contribution is 5.60. The van der Waals surface area contributed by atoms with Crippen LogP contribution in [0.25, 0.3) is 11.1 Å². The number of alkyl halides is 5. The van der Waals surface area contributed by atoms with Gasteiger partial charge in [0, 0.05) is 30.7 Å². The number of rotatable bonds is 6. The lowest BCUT2D eigenvalue weighted by atomic mass is 10.1. The number of pyridine rings is 2. The molecule has 0 aliphatic rings. The van der Waals surface area contributed by atoms with Gasteiger partial charge in [0.05, 0.1) is 6.42 Å². The SMILES string of the molecule is CCC[n+]1ccc(-c2cc[n+](CCC(F)(F)C(F)(F)F)cc2)cc1. The van der Waals surface area contributed by atoms with Gasteiger partial charge in [-0.05, 0) is 11.1 Å². The minimum Gasteiger partial charge on any atom is -0.205 e. The molecule has 24 heavy (non-hydrogen) atoms. The standard InChI is InChI=1S/C17H19F5N2/c1-2-8-23-9-3-14(4-10-23)15-5-11-24(12-6-15)13-7-16(18,19)17(20,21)22/h3-6,9-12H,2,7-8,13H2,1H3/q+2. The second-order valence-corrected chi connectivity index (χ2v) is 5.60. The summed E-state index contributed by atoms with van der Waals surface area (Å²) in [6.07, 6.45) is 1.16. The van der Waals surface area contributed by atoms with E-state index in [-0.39, 0.29) is 0 Å². The van der Waals surface area contributed by atoms with Crippen molar-refractivity contribution in [1.29, 1.82) is 0 Å². The minimum absolute atomic E-state index is 0.405. The van der Waals surface area contributed by atoms with E-state index in [9.17, 15) is 22.0 Å². The third-order valence-corrected chi connectivity index (χ3v) is 3.70. The summed E-state index contributed by atoms with van der Waals surface area (Å²) in [6, 6.07) is 7.27. The van der Waals surface area contributed by atoms with Gasteiger partial charge in [0.1, 0.15) is 6.54 Å². The smallest absolute Gasteiger partial charge is 0.205 e.